The molecule has 0 amide bonds. The standard InChI is InChI=1S/C16H22O4/c1-18-13-9-12(16(17)20-3)10-14(19-2)15(13)11-7-5-4-6-8-11/h9-11H,4-8H2,1-3H3. The summed E-state index contributed by atoms with van der Waals surface area (Å²) < 4.78 is 15.7. The van der Waals surface area contributed by atoms with Crippen LogP contribution in [0.3, 0.4) is 0 Å². The van der Waals surface area contributed by atoms with Crippen molar-refractivity contribution in [2.75, 3.05) is 21.3 Å². The lowest BCUT2D eigenvalue weighted by molar-refractivity contribution is 0.0600. The lowest BCUT2D eigenvalue weighted by atomic mass is 9.83. The Morgan fingerprint density at radius 2 is 1.55 bits per heavy atom. The van der Waals surface area contributed by atoms with E-state index in [1.807, 2.05) is 0 Å². The monoisotopic (exact) mass is 278 g/mol. The van der Waals surface area contributed by atoms with Crippen molar-refractivity contribution in [1.29, 1.82) is 0 Å². The van der Waals surface area contributed by atoms with Crippen LogP contribution in [0.15, 0.2) is 12.1 Å². The molecule has 0 atom stereocenters. The first-order valence-electron chi connectivity index (χ1n) is 7.05. The van der Waals surface area contributed by atoms with Crippen molar-refractivity contribution in [3.8, 4) is 11.5 Å². The van der Waals surface area contributed by atoms with Gasteiger partial charge in [0.2, 0.25) is 0 Å². The summed E-state index contributed by atoms with van der Waals surface area (Å²) in [5, 5.41) is 0. The van der Waals surface area contributed by atoms with E-state index in [2.05, 4.69) is 0 Å². The maximum Gasteiger partial charge on any atom is 0.338 e. The highest BCUT2D eigenvalue weighted by atomic mass is 16.5. The molecular formula is C16H22O4. The van der Waals surface area contributed by atoms with Gasteiger partial charge in [-0.1, -0.05) is 19.3 Å². The number of ether oxygens (including phenoxy) is 3. The summed E-state index contributed by atoms with van der Waals surface area (Å²) in [6, 6.07) is 3.50. The van der Waals surface area contributed by atoms with Crippen molar-refractivity contribution < 1.29 is 19.0 Å². The fraction of sp³-hybridized carbons (Fsp3) is 0.562. The molecule has 0 aliphatic heterocycles. The van der Waals surface area contributed by atoms with E-state index in [1.54, 1.807) is 26.4 Å². The Bertz CT molecular complexity index is 450. The first-order valence-corrected chi connectivity index (χ1v) is 7.05. The van der Waals surface area contributed by atoms with E-state index in [-0.39, 0.29) is 5.97 Å². The molecule has 20 heavy (non-hydrogen) atoms. The highest BCUT2D eigenvalue weighted by Gasteiger charge is 2.25. The Morgan fingerprint density at radius 3 is 2.00 bits per heavy atom. The lowest BCUT2D eigenvalue weighted by Crippen LogP contribution is -2.10. The van der Waals surface area contributed by atoms with Gasteiger partial charge in [-0.05, 0) is 30.9 Å². The summed E-state index contributed by atoms with van der Waals surface area (Å²) in [7, 11) is 4.63. The normalized spacial score (nSPS) is 15.8. The lowest BCUT2D eigenvalue weighted by Gasteiger charge is -2.26. The third kappa shape index (κ3) is 2.89. The fourth-order valence-electron chi connectivity index (χ4n) is 2.97. The van der Waals surface area contributed by atoms with Crippen molar-refractivity contribution in [2.45, 2.75) is 38.0 Å². The summed E-state index contributed by atoms with van der Waals surface area (Å²) in [5.74, 6) is 1.51. The fourth-order valence-corrected chi connectivity index (χ4v) is 2.97. The maximum atomic E-state index is 11.7. The average Bonchev–Trinajstić information content (AvgIpc) is 2.53. The predicted molar refractivity (Wildman–Crippen MR) is 76.7 cm³/mol. The number of hydrogen-bond acceptors (Lipinski definition) is 4. The van der Waals surface area contributed by atoms with Crippen molar-refractivity contribution in [1.82, 2.24) is 0 Å². The van der Waals surface area contributed by atoms with Crippen LogP contribution in [0.1, 0.15) is 53.9 Å². The molecule has 0 unspecified atom stereocenters. The first kappa shape index (κ1) is 14.7. The molecule has 1 aliphatic carbocycles. The minimum Gasteiger partial charge on any atom is -0.496 e. The molecule has 2 rings (SSSR count). The van der Waals surface area contributed by atoms with Crippen LogP contribution in [0.4, 0.5) is 0 Å². The van der Waals surface area contributed by atoms with Gasteiger partial charge in [-0.3, -0.25) is 0 Å². The zero-order valence-electron chi connectivity index (χ0n) is 12.4. The zero-order chi connectivity index (χ0) is 14.5. The van der Waals surface area contributed by atoms with Gasteiger partial charge in [0.15, 0.2) is 0 Å². The second kappa shape index (κ2) is 6.64. The molecule has 0 bridgehead atoms. The molecule has 0 radical (unpaired) electrons. The predicted octanol–water partition coefficient (Wildman–Crippen LogP) is 3.54. The van der Waals surface area contributed by atoms with Gasteiger partial charge >= 0.3 is 5.97 Å². The topological polar surface area (TPSA) is 44.8 Å². The second-order valence-electron chi connectivity index (χ2n) is 5.12. The number of carbonyl (C=O) groups excluding carboxylic acids is 1. The summed E-state index contributed by atoms with van der Waals surface area (Å²) in [4.78, 5) is 11.7. The van der Waals surface area contributed by atoms with Gasteiger partial charge in [0, 0.05) is 5.56 Å². The molecule has 0 spiro atoms. The van der Waals surface area contributed by atoms with Crippen LogP contribution in [0.2, 0.25) is 0 Å². The van der Waals surface area contributed by atoms with E-state index in [0.717, 1.165) is 29.9 Å². The molecule has 1 saturated carbocycles. The van der Waals surface area contributed by atoms with Crippen molar-refractivity contribution in [3.63, 3.8) is 0 Å². The SMILES string of the molecule is COC(=O)c1cc(OC)c(C2CCCCC2)c(OC)c1. The molecule has 0 heterocycles. The molecule has 1 aromatic rings. The van der Waals surface area contributed by atoms with Crippen molar-refractivity contribution in [2.24, 2.45) is 0 Å². The molecule has 1 fully saturated rings. The van der Waals surface area contributed by atoms with Gasteiger partial charge in [-0.15, -0.1) is 0 Å². The summed E-state index contributed by atoms with van der Waals surface area (Å²) in [6.07, 6.45) is 6.04. The van der Waals surface area contributed by atoms with Crippen LogP contribution in [-0.2, 0) is 4.74 Å². The third-order valence-corrected chi connectivity index (χ3v) is 3.98. The van der Waals surface area contributed by atoms with E-state index in [1.165, 1.54) is 26.4 Å². The van der Waals surface area contributed by atoms with Gasteiger partial charge in [-0.25, -0.2) is 4.79 Å². The molecule has 0 saturated heterocycles. The Morgan fingerprint density at radius 1 is 1.00 bits per heavy atom. The Hall–Kier alpha value is -1.71. The van der Waals surface area contributed by atoms with Crippen LogP contribution >= 0.6 is 0 Å². The van der Waals surface area contributed by atoms with E-state index in [9.17, 15) is 4.79 Å². The summed E-state index contributed by atoms with van der Waals surface area (Å²) in [6.45, 7) is 0. The van der Waals surface area contributed by atoms with Gasteiger partial charge < -0.3 is 14.2 Å². The summed E-state index contributed by atoms with van der Waals surface area (Å²) in [5.41, 5.74) is 1.54. The van der Waals surface area contributed by atoms with Crippen LogP contribution < -0.4 is 9.47 Å². The van der Waals surface area contributed by atoms with Gasteiger partial charge in [0.1, 0.15) is 11.5 Å². The molecule has 0 aromatic heterocycles. The minimum atomic E-state index is -0.378. The minimum absolute atomic E-state index is 0.378. The molecule has 4 heteroatoms. The first-order chi connectivity index (χ1) is 9.71. The van der Waals surface area contributed by atoms with Crippen molar-refractivity contribution in [3.05, 3.63) is 23.3 Å². The molecule has 110 valence electrons. The van der Waals surface area contributed by atoms with Crippen LogP contribution in [0.25, 0.3) is 0 Å². The van der Waals surface area contributed by atoms with E-state index in [4.69, 9.17) is 14.2 Å². The molecule has 0 N–H and O–H groups in total. The highest BCUT2D eigenvalue weighted by molar-refractivity contribution is 5.90. The van der Waals surface area contributed by atoms with E-state index in [0.29, 0.717) is 11.5 Å². The van der Waals surface area contributed by atoms with Crippen LogP contribution in [0, 0.1) is 0 Å². The quantitative estimate of drug-likeness (QED) is 0.790. The molecular weight excluding hydrogens is 256 g/mol. The van der Waals surface area contributed by atoms with Crippen LogP contribution in [-0.4, -0.2) is 27.3 Å². The largest absolute Gasteiger partial charge is 0.496 e. The number of rotatable bonds is 4. The number of benzene rings is 1. The Balaban J connectivity index is 2.45. The molecule has 1 aliphatic rings. The zero-order valence-corrected chi connectivity index (χ0v) is 12.4. The smallest absolute Gasteiger partial charge is 0.338 e. The highest BCUT2D eigenvalue weighted by Crippen LogP contribution is 2.43. The van der Waals surface area contributed by atoms with Crippen molar-refractivity contribution >= 4 is 5.97 Å². The van der Waals surface area contributed by atoms with E-state index < -0.39 is 0 Å². The molecule has 1 aromatic carbocycles. The molecule has 4 nitrogen and oxygen atoms in total. The van der Waals surface area contributed by atoms with Gasteiger partial charge in [0.25, 0.3) is 0 Å². The Labute approximate surface area is 120 Å². The number of methoxy groups -OCH3 is 3. The van der Waals surface area contributed by atoms with Gasteiger partial charge in [0.05, 0.1) is 26.9 Å². The average molecular weight is 278 g/mol. The second-order valence-corrected chi connectivity index (χ2v) is 5.12. The Kier molecular flexibility index (Phi) is 4.88. The number of carbonyl (C=O) groups is 1. The summed E-state index contributed by atoms with van der Waals surface area (Å²) >= 11 is 0. The number of esters is 1. The van der Waals surface area contributed by atoms with Gasteiger partial charge in [-0.2, -0.15) is 0 Å². The third-order valence-electron chi connectivity index (χ3n) is 3.98. The van der Waals surface area contributed by atoms with E-state index >= 15 is 0 Å². The number of hydrogen-bond donors (Lipinski definition) is 0. The van der Waals surface area contributed by atoms with Crippen LogP contribution in [0.5, 0.6) is 11.5 Å². The maximum absolute atomic E-state index is 11.7.